The summed E-state index contributed by atoms with van der Waals surface area (Å²) in [5.74, 6) is 0. The van der Waals surface area contributed by atoms with Crippen molar-refractivity contribution in [3.63, 3.8) is 0 Å². The van der Waals surface area contributed by atoms with E-state index >= 15 is 0 Å². The molecule has 0 aliphatic rings. The fourth-order valence-corrected chi connectivity index (χ4v) is 2.21. The average molecular weight is 340 g/mol. The monoisotopic (exact) mass is 340 g/mol. The van der Waals surface area contributed by atoms with Crippen molar-refractivity contribution in [3.05, 3.63) is 34.9 Å². The molecule has 0 unspecified atom stereocenters. The van der Waals surface area contributed by atoms with Gasteiger partial charge in [0.15, 0.2) is 0 Å². The molecule has 1 aromatic rings. The van der Waals surface area contributed by atoms with Gasteiger partial charge in [0, 0.05) is 0 Å². The Balaban J connectivity index is 3.10. The highest BCUT2D eigenvalue weighted by molar-refractivity contribution is 5.33. The molecule has 0 heterocycles. The molecule has 0 saturated heterocycles. The van der Waals surface area contributed by atoms with Crippen LogP contribution in [0.2, 0.25) is 0 Å². The Morgan fingerprint density at radius 3 is 1.61 bits per heavy atom. The van der Waals surface area contributed by atoms with E-state index in [1.165, 1.54) is 6.07 Å². The van der Waals surface area contributed by atoms with Gasteiger partial charge in [-0.25, -0.2) is 0 Å². The maximum absolute atomic E-state index is 13.0. The molecule has 0 saturated carbocycles. The van der Waals surface area contributed by atoms with Gasteiger partial charge in [0.05, 0.1) is 10.8 Å². The Labute approximate surface area is 132 Å². The van der Waals surface area contributed by atoms with E-state index in [0.717, 1.165) is 27.7 Å². The molecule has 1 rings (SSSR count). The molecule has 0 aromatic heterocycles. The largest absolute Gasteiger partial charge is 0.394 e. The van der Waals surface area contributed by atoms with Crippen LogP contribution in [-0.2, 0) is 12.8 Å². The van der Waals surface area contributed by atoms with Gasteiger partial charge in [0.2, 0.25) is 0 Å². The first-order chi connectivity index (χ1) is 10.1. The molecule has 0 aliphatic heterocycles. The Bertz CT molecular complexity index is 549. The maximum atomic E-state index is 13.0. The summed E-state index contributed by atoms with van der Waals surface area (Å²) in [6, 6.07) is 4.60. The lowest BCUT2D eigenvalue weighted by atomic mass is 9.81. The number of hydrogen-bond acceptors (Lipinski definition) is 0. The summed E-state index contributed by atoms with van der Waals surface area (Å²) in [5.41, 5.74) is -2.39. The van der Waals surface area contributed by atoms with Crippen molar-refractivity contribution in [2.75, 3.05) is 0 Å². The van der Waals surface area contributed by atoms with Crippen LogP contribution < -0.4 is 0 Å². The van der Waals surface area contributed by atoms with Crippen LogP contribution in [-0.4, -0.2) is 12.4 Å². The van der Waals surface area contributed by atoms with Crippen LogP contribution in [0, 0.1) is 17.8 Å². The molecule has 0 nitrogen and oxygen atoms in total. The topological polar surface area (TPSA) is 0 Å². The fraction of sp³-hybridized carbons (Fsp3) is 0.647. The van der Waals surface area contributed by atoms with Crippen molar-refractivity contribution in [2.24, 2.45) is 10.8 Å². The normalized spacial score (nSPS) is 14.2. The predicted octanol–water partition coefficient (Wildman–Crippen LogP) is 6.26. The molecular weight excluding hydrogens is 318 g/mol. The summed E-state index contributed by atoms with van der Waals surface area (Å²) in [6.07, 6.45) is -9.27. The van der Waals surface area contributed by atoms with Crippen LogP contribution >= 0.6 is 0 Å². The van der Waals surface area contributed by atoms with Gasteiger partial charge in [-0.1, -0.05) is 45.9 Å². The second-order valence-corrected chi connectivity index (χ2v) is 7.38. The van der Waals surface area contributed by atoms with E-state index in [9.17, 15) is 26.3 Å². The van der Waals surface area contributed by atoms with E-state index in [0.29, 0.717) is 16.7 Å². The van der Waals surface area contributed by atoms with Crippen molar-refractivity contribution in [1.29, 1.82) is 0 Å². The number of halogens is 6. The summed E-state index contributed by atoms with van der Waals surface area (Å²) in [4.78, 5) is 0. The molecule has 0 N–H and O–H groups in total. The zero-order valence-electron chi connectivity index (χ0n) is 13.9. The van der Waals surface area contributed by atoms with E-state index < -0.39 is 23.2 Å². The third-order valence-corrected chi connectivity index (χ3v) is 4.23. The summed E-state index contributed by atoms with van der Waals surface area (Å²) in [7, 11) is 0. The van der Waals surface area contributed by atoms with E-state index in [1.807, 2.05) is 0 Å². The molecule has 1 aromatic carbocycles. The number of aryl methyl sites for hydroxylation is 1. The second kappa shape index (κ2) is 6.02. The average Bonchev–Trinajstić information content (AvgIpc) is 2.29. The van der Waals surface area contributed by atoms with Crippen LogP contribution in [0.5, 0.6) is 0 Å². The molecule has 0 aliphatic carbocycles. The van der Waals surface area contributed by atoms with Gasteiger partial charge in [-0.2, -0.15) is 26.3 Å². The van der Waals surface area contributed by atoms with Crippen molar-refractivity contribution < 1.29 is 26.3 Å². The van der Waals surface area contributed by atoms with Gasteiger partial charge in [0.25, 0.3) is 0 Å². The highest BCUT2D eigenvalue weighted by Crippen LogP contribution is 2.42. The van der Waals surface area contributed by atoms with Crippen LogP contribution in [0.15, 0.2) is 18.2 Å². The Kier molecular flexibility index (Phi) is 5.20. The molecule has 23 heavy (non-hydrogen) atoms. The smallest absolute Gasteiger partial charge is 0.171 e. The van der Waals surface area contributed by atoms with Gasteiger partial charge >= 0.3 is 12.4 Å². The molecule has 6 heteroatoms. The number of alkyl halides is 6. The van der Waals surface area contributed by atoms with Crippen LogP contribution in [0.1, 0.15) is 44.4 Å². The van der Waals surface area contributed by atoms with Crippen molar-refractivity contribution in [2.45, 2.75) is 59.8 Å². The Hall–Kier alpha value is -1.20. The van der Waals surface area contributed by atoms with E-state index in [1.54, 1.807) is 19.1 Å². The van der Waals surface area contributed by atoms with E-state index in [-0.39, 0.29) is 12.8 Å². The Morgan fingerprint density at radius 1 is 0.739 bits per heavy atom. The molecule has 0 atom stereocenters. The molecule has 0 bridgehead atoms. The zero-order valence-corrected chi connectivity index (χ0v) is 13.9. The third-order valence-electron chi connectivity index (χ3n) is 4.23. The standard InChI is InChI=1S/C17H22F6/c1-11-6-7-12(9-14(2,3)16(18,19)20)8-13(11)10-15(4,5)17(21,22)23/h6-8H,9-10H2,1-5H3. The predicted molar refractivity (Wildman–Crippen MR) is 78.3 cm³/mol. The molecule has 0 amide bonds. The number of hydrogen-bond donors (Lipinski definition) is 0. The summed E-state index contributed by atoms with van der Waals surface area (Å²) in [5, 5.41) is 0. The number of benzene rings is 1. The van der Waals surface area contributed by atoms with Crippen LogP contribution in [0.3, 0.4) is 0 Å². The summed E-state index contributed by atoms with van der Waals surface area (Å²) < 4.78 is 78.0. The molecule has 0 radical (unpaired) electrons. The first-order valence-electron chi connectivity index (χ1n) is 7.29. The minimum Gasteiger partial charge on any atom is -0.171 e. The van der Waals surface area contributed by atoms with Gasteiger partial charge in [-0.15, -0.1) is 0 Å². The van der Waals surface area contributed by atoms with Crippen molar-refractivity contribution in [1.82, 2.24) is 0 Å². The lowest BCUT2D eigenvalue weighted by Gasteiger charge is -2.30. The number of rotatable bonds is 4. The quantitative estimate of drug-likeness (QED) is 0.568. The fourth-order valence-electron chi connectivity index (χ4n) is 2.21. The molecular formula is C17H22F6. The van der Waals surface area contributed by atoms with Gasteiger partial charge in [-0.3, -0.25) is 0 Å². The third kappa shape index (κ3) is 4.64. The minimum absolute atomic E-state index is 0.261. The molecule has 132 valence electrons. The Morgan fingerprint density at radius 2 is 1.17 bits per heavy atom. The van der Waals surface area contributed by atoms with Crippen LogP contribution in [0.4, 0.5) is 26.3 Å². The minimum atomic E-state index is -4.37. The summed E-state index contributed by atoms with van der Waals surface area (Å²) >= 11 is 0. The SMILES string of the molecule is Cc1ccc(CC(C)(C)C(F)(F)F)cc1CC(C)(C)C(F)(F)F. The lowest BCUT2D eigenvalue weighted by Crippen LogP contribution is -2.35. The van der Waals surface area contributed by atoms with Gasteiger partial charge in [-0.05, 0) is 36.5 Å². The van der Waals surface area contributed by atoms with Crippen molar-refractivity contribution >= 4 is 0 Å². The first kappa shape index (κ1) is 19.8. The molecule has 0 spiro atoms. The van der Waals surface area contributed by atoms with Crippen molar-refractivity contribution in [3.8, 4) is 0 Å². The van der Waals surface area contributed by atoms with Gasteiger partial charge < -0.3 is 0 Å². The van der Waals surface area contributed by atoms with Crippen LogP contribution in [0.25, 0.3) is 0 Å². The second-order valence-electron chi connectivity index (χ2n) is 7.38. The summed E-state index contributed by atoms with van der Waals surface area (Å²) in [6.45, 7) is 6.04. The molecule has 0 fully saturated rings. The lowest BCUT2D eigenvalue weighted by molar-refractivity contribution is -0.211. The zero-order chi connectivity index (χ0) is 18.3. The highest BCUT2D eigenvalue weighted by atomic mass is 19.4. The highest BCUT2D eigenvalue weighted by Gasteiger charge is 2.48. The van der Waals surface area contributed by atoms with Gasteiger partial charge in [0.1, 0.15) is 0 Å². The maximum Gasteiger partial charge on any atom is 0.394 e. The van der Waals surface area contributed by atoms with E-state index in [4.69, 9.17) is 0 Å². The van der Waals surface area contributed by atoms with E-state index in [2.05, 4.69) is 0 Å². The first-order valence-corrected chi connectivity index (χ1v) is 7.29.